The average molecular weight is 225 g/mol. The highest BCUT2D eigenvalue weighted by molar-refractivity contribution is 5.94. The molecule has 0 aliphatic carbocycles. The number of carbonyl (C=O) groups is 1. The predicted molar refractivity (Wildman–Crippen MR) is 66.5 cm³/mol. The van der Waals surface area contributed by atoms with E-state index in [4.69, 9.17) is 0 Å². The summed E-state index contributed by atoms with van der Waals surface area (Å²) in [5.74, 6) is 0.0103. The zero-order valence-corrected chi connectivity index (χ0v) is 9.84. The van der Waals surface area contributed by atoms with E-state index < -0.39 is 0 Å². The SMILES string of the molecule is CN(C)C(=O)c1ccc(-c2cc[c]nc2)cc1. The summed E-state index contributed by atoms with van der Waals surface area (Å²) < 4.78 is 0. The van der Waals surface area contributed by atoms with Gasteiger partial charge in [0.05, 0.1) is 6.20 Å². The summed E-state index contributed by atoms with van der Waals surface area (Å²) in [5.41, 5.74) is 2.75. The van der Waals surface area contributed by atoms with Crippen molar-refractivity contribution in [2.45, 2.75) is 0 Å². The first-order valence-electron chi connectivity index (χ1n) is 5.32. The van der Waals surface area contributed by atoms with Crippen molar-refractivity contribution in [3.05, 3.63) is 54.4 Å². The molecule has 1 radical (unpaired) electrons. The smallest absolute Gasteiger partial charge is 0.253 e. The van der Waals surface area contributed by atoms with Gasteiger partial charge in [-0.2, -0.15) is 0 Å². The van der Waals surface area contributed by atoms with E-state index in [9.17, 15) is 4.79 Å². The van der Waals surface area contributed by atoms with Crippen LogP contribution in [0.15, 0.2) is 42.6 Å². The standard InChI is InChI=1S/C14H13N2O/c1-16(2)14(17)12-7-5-11(6-8-12)13-4-3-9-15-10-13/h3-8,10H,1-2H3. The predicted octanol–water partition coefficient (Wildman–Crippen LogP) is 2.25. The molecule has 0 spiro atoms. The molecule has 3 heteroatoms. The minimum absolute atomic E-state index is 0.0103. The Bertz CT molecular complexity index is 504. The van der Waals surface area contributed by atoms with Gasteiger partial charge in [-0.3, -0.25) is 9.78 Å². The van der Waals surface area contributed by atoms with Crippen molar-refractivity contribution < 1.29 is 4.79 Å². The van der Waals surface area contributed by atoms with Gasteiger partial charge in [0.25, 0.3) is 5.91 Å². The molecule has 85 valence electrons. The van der Waals surface area contributed by atoms with Crippen molar-refractivity contribution in [1.82, 2.24) is 9.88 Å². The van der Waals surface area contributed by atoms with Crippen LogP contribution in [0.3, 0.4) is 0 Å². The molecule has 0 atom stereocenters. The molecule has 1 aromatic carbocycles. The second-order valence-corrected chi connectivity index (χ2v) is 3.95. The van der Waals surface area contributed by atoms with E-state index in [0.717, 1.165) is 11.1 Å². The van der Waals surface area contributed by atoms with Crippen molar-refractivity contribution in [1.29, 1.82) is 0 Å². The van der Waals surface area contributed by atoms with E-state index in [2.05, 4.69) is 11.2 Å². The monoisotopic (exact) mass is 225 g/mol. The molecule has 0 aliphatic rings. The third-order valence-electron chi connectivity index (χ3n) is 2.49. The summed E-state index contributed by atoms with van der Waals surface area (Å²) in [6, 6.07) is 11.2. The van der Waals surface area contributed by atoms with Crippen molar-refractivity contribution in [2.75, 3.05) is 14.1 Å². The summed E-state index contributed by atoms with van der Waals surface area (Å²) in [6.45, 7) is 0. The number of hydrogen-bond acceptors (Lipinski definition) is 2. The Hall–Kier alpha value is -2.16. The van der Waals surface area contributed by atoms with Crippen LogP contribution < -0.4 is 0 Å². The molecule has 3 nitrogen and oxygen atoms in total. The molecule has 0 saturated carbocycles. The number of rotatable bonds is 2. The molecular weight excluding hydrogens is 212 g/mol. The highest BCUT2D eigenvalue weighted by Crippen LogP contribution is 2.18. The summed E-state index contributed by atoms with van der Waals surface area (Å²) >= 11 is 0. The Morgan fingerprint density at radius 2 is 1.82 bits per heavy atom. The fraction of sp³-hybridized carbons (Fsp3) is 0.143. The lowest BCUT2D eigenvalue weighted by atomic mass is 10.1. The van der Waals surface area contributed by atoms with Crippen LogP contribution in [0.4, 0.5) is 0 Å². The lowest BCUT2D eigenvalue weighted by molar-refractivity contribution is 0.0827. The fourth-order valence-electron chi connectivity index (χ4n) is 1.55. The van der Waals surface area contributed by atoms with Gasteiger partial charge in [-0.25, -0.2) is 0 Å². The van der Waals surface area contributed by atoms with E-state index in [0.29, 0.717) is 5.56 Å². The van der Waals surface area contributed by atoms with E-state index in [1.165, 1.54) is 0 Å². The molecule has 0 bridgehead atoms. The van der Waals surface area contributed by atoms with Gasteiger partial charge in [-0.05, 0) is 23.8 Å². The molecule has 1 heterocycles. The van der Waals surface area contributed by atoms with Crippen LogP contribution in [0.1, 0.15) is 10.4 Å². The van der Waals surface area contributed by atoms with Gasteiger partial charge in [0.2, 0.25) is 0 Å². The van der Waals surface area contributed by atoms with Crippen LogP contribution >= 0.6 is 0 Å². The quantitative estimate of drug-likeness (QED) is 0.785. The molecule has 0 aliphatic heterocycles. The van der Waals surface area contributed by atoms with Gasteiger partial charge in [-0.1, -0.05) is 18.2 Å². The van der Waals surface area contributed by atoms with Gasteiger partial charge in [0.1, 0.15) is 0 Å². The van der Waals surface area contributed by atoms with Crippen molar-refractivity contribution in [2.24, 2.45) is 0 Å². The number of amides is 1. The van der Waals surface area contributed by atoms with E-state index in [1.54, 1.807) is 31.3 Å². The van der Waals surface area contributed by atoms with Crippen LogP contribution in [-0.4, -0.2) is 29.9 Å². The number of hydrogen-bond donors (Lipinski definition) is 0. The number of pyridine rings is 1. The van der Waals surface area contributed by atoms with Crippen LogP contribution in [0.5, 0.6) is 0 Å². The van der Waals surface area contributed by atoms with Gasteiger partial charge >= 0.3 is 0 Å². The Morgan fingerprint density at radius 3 is 2.35 bits per heavy atom. The van der Waals surface area contributed by atoms with E-state index in [-0.39, 0.29) is 5.91 Å². The van der Waals surface area contributed by atoms with Crippen LogP contribution in [0, 0.1) is 6.20 Å². The Balaban J connectivity index is 2.28. The molecule has 1 aromatic heterocycles. The van der Waals surface area contributed by atoms with E-state index in [1.807, 2.05) is 30.3 Å². The lowest BCUT2D eigenvalue weighted by Crippen LogP contribution is -2.21. The zero-order chi connectivity index (χ0) is 12.3. The summed E-state index contributed by atoms with van der Waals surface area (Å²) in [5, 5.41) is 0. The molecule has 0 unspecified atom stereocenters. The minimum Gasteiger partial charge on any atom is -0.345 e. The first-order chi connectivity index (χ1) is 8.18. The molecule has 2 rings (SSSR count). The highest BCUT2D eigenvalue weighted by Gasteiger charge is 2.07. The minimum atomic E-state index is 0.0103. The fourth-order valence-corrected chi connectivity index (χ4v) is 1.55. The lowest BCUT2D eigenvalue weighted by Gasteiger charge is -2.10. The third-order valence-corrected chi connectivity index (χ3v) is 2.49. The van der Waals surface area contributed by atoms with Gasteiger partial charge in [-0.15, -0.1) is 0 Å². The molecule has 1 amide bonds. The third kappa shape index (κ3) is 2.50. The van der Waals surface area contributed by atoms with Crippen molar-refractivity contribution in [3.8, 4) is 11.1 Å². The summed E-state index contributed by atoms with van der Waals surface area (Å²) in [4.78, 5) is 17.2. The topological polar surface area (TPSA) is 33.2 Å². The average Bonchev–Trinajstić information content (AvgIpc) is 2.39. The van der Waals surface area contributed by atoms with Gasteiger partial charge in [0, 0.05) is 31.4 Å². The molecule has 0 saturated heterocycles. The number of nitrogens with zero attached hydrogens (tertiary/aromatic N) is 2. The Labute approximate surface area is 101 Å². The van der Waals surface area contributed by atoms with Crippen LogP contribution in [0.2, 0.25) is 0 Å². The van der Waals surface area contributed by atoms with Crippen molar-refractivity contribution in [3.63, 3.8) is 0 Å². The highest BCUT2D eigenvalue weighted by atomic mass is 16.2. The number of benzene rings is 1. The molecule has 17 heavy (non-hydrogen) atoms. The zero-order valence-electron chi connectivity index (χ0n) is 9.84. The summed E-state index contributed by atoms with van der Waals surface area (Å²) in [6.07, 6.45) is 4.49. The first-order valence-corrected chi connectivity index (χ1v) is 5.32. The van der Waals surface area contributed by atoms with Crippen LogP contribution in [0.25, 0.3) is 11.1 Å². The normalized spacial score (nSPS) is 10.0. The van der Waals surface area contributed by atoms with Crippen molar-refractivity contribution >= 4 is 5.91 Å². The molecule has 0 N–H and O–H groups in total. The van der Waals surface area contributed by atoms with Crippen LogP contribution in [-0.2, 0) is 0 Å². The number of aromatic nitrogens is 1. The Kier molecular flexibility index (Phi) is 3.19. The largest absolute Gasteiger partial charge is 0.345 e. The second-order valence-electron chi connectivity index (χ2n) is 3.95. The maximum Gasteiger partial charge on any atom is 0.253 e. The van der Waals surface area contributed by atoms with Gasteiger partial charge in [0.15, 0.2) is 0 Å². The maximum absolute atomic E-state index is 11.7. The molecule has 0 fully saturated rings. The second kappa shape index (κ2) is 4.78. The summed E-state index contributed by atoms with van der Waals surface area (Å²) in [7, 11) is 3.49. The molecule has 2 aromatic rings. The first kappa shape index (κ1) is 11.3. The van der Waals surface area contributed by atoms with Gasteiger partial charge < -0.3 is 4.90 Å². The molecular formula is C14H13N2O. The Morgan fingerprint density at radius 1 is 1.12 bits per heavy atom. The number of carbonyl (C=O) groups excluding carboxylic acids is 1. The maximum atomic E-state index is 11.7. The van der Waals surface area contributed by atoms with E-state index >= 15 is 0 Å².